The van der Waals surface area contributed by atoms with Crippen LogP contribution < -0.4 is 10.1 Å². The zero-order valence-corrected chi connectivity index (χ0v) is 12.8. The van der Waals surface area contributed by atoms with Crippen LogP contribution in [0.4, 0.5) is 5.69 Å². The molecule has 0 saturated heterocycles. The minimum absolute atomic E-state index is 0.164. The standard InChI is InChI=1S/C15H11Cl2N3O2/c16-10-3-4-13(11(17)8-10)22-9-14(21)19-12-2-1-6-20-7-5-18-15(12)20/h1-8H,9H2,(H,19,21). The summed E-state index contributed by atoms with van der Waals surface area (Å²) in [5.41, 5.74) is 1.28. The fraction of sp³-hybridized carbons (Fsp3) is 0.0667. The van der Waals surface area contributed by atoms with E-state index < -0.39 is 0 Å². The molecule has 2 aromatic heterocycles. The summed E-state index contributed by atoms with van der Waals surface area (Å²) in [6, 6.07) is 8.41. The minimum Gasteiger partial charge on any atom is -0.482 e. The first-order chi connectivity index (χ1) is 10.6. The topological polar surface area (TPSA) is 55.6 Å². The van der Waals surface area contributed by atoms with Crippen LogP contribution in [0, 0.1) is 0 Å². The zero-order chi connectivity index (χ0) is 15.5. The average molecular weight is 336 g/mol. The maximum absolute atomic E-state index is 12.0. The summed E-state index contributed by atoms with van der Waals surface area (Å²) in [5, 5.41) is 3.62. The van der Waals surface area contributed by atoms with Crippen molar-refractivity contribution in [3.05, 3.63) is 59.0 Å². The minimum atomic E-state index is -0.304. The Bertz CT molecular complexity index is 833. The Kier molecular flexibility index (Phi) is 4.18. The van der Waals surface area contributed by atoms with Crippen LogP contribution >= 0.6 is 23.2 Å². The zero-order valence-electron chi connectivity index (χ0n) is 11.3. The van der Waals surface area contributed by atoms with Crippen molar-refractivity contribution in [2.24, 2.45) is 0 Å². The summed E-state index contributed by atoms with van der Waals surface area (Å²) < 4.78 is 7.20. The van der Waals surface area contributed by atoms with E-state index in [1.54, 1.807) is 36.7 Å². The van der Waals surface area contributed by atoms with Crippen molar-refractivity contribution in [3.63, 3.8) is 0 Å². The van der Waals surface area contributed by atoms with Gasteiger partial charge in [-0.3, -0.25) is 4.79 Å². The highest BCUT2D eigenvalue weighted by Gasteiger charge is 2.09. The van der Waals surface area contributed by atoms with Crippen LogP contribution in [-0.4, -0.2) is 21.9 Å². The molecule has 1 N–H and O–H groups in total. The predicted octanol–water partition coefficient (Wildman–Crippen LogP) is 3.66. The highest BCUT2D eigenvalue weighted by molar-refractivity contribution is 6.35. The maximum atomic E-state index is 12.0. The smallest absolute Gasteiger partial charge is 0.262 e. The molecule has 1 aromatic carbocycles. The van der Waals surface area contributed by atoms with Crippen LogP contribution in [0.25, 0.3) is 5.65 Å². The number of aromatic nitrogens is 2. The first-order valence-corrected chi connectivity index (χ1v) is 7.18. The van der Waals surface area contributed by atoms with Gasteiger partial charge < -0.3 is 14.5 Å². The van der Waals surface area contributed by atoms with Crippen molar-refractivity contribution in [2.75, 3.05) is 11.9 Å². The number of benzene rings is 1. The number of halogens is 2. The molecule has 0 atom stereocenters. The highest BCUT2D eigenvalue weighted by Crippen LogP contribution is 2.27. The van der Waals surface area contributed by atoms with Crippen LogP contribution in [0.5, 0.6) is 5.75 Å². The number of imidazole rings is 1. The molecule has 0 aliphatic carbocycles. The number of carbonyl (C=O) groups is 1. The van der Waals surface area contributed by atoms with E-state index in [9.17, 15) is 4.79 Å². The van der Waals surface area contributed by atoms with E-state index in [1.165, 1.54) is 0 Å². The molecule has 1 amide bonds. The van der Waals surface area contributed by atoms with Crippen LogP contribution in [0.15, 0.2) is 48.9 Å². The summed E-state index contributed by atoms with van der Waals surface area (Å²) in [6.45, 7) is -0.164. The number of fused-ring (bicyclic) bond motifs is 1. The number of ether oxygens (including phenoxy) is 1. The number of rotatable bonds is 4. The maximum Gasteiger partial charge on any atom is 0.262 e. The lowest BCUT2D eigenvalue weighted by Crippen LogP contribution is -2.20. The number of anilines is 1. The lowest BCUT2D eigenvalue weighted by molar-refractivity contribution is -0.118. The Morgan fingerprint density at radius 3 is 2.95 bits per heavy atom. The van der Waals surface area contributed by atoms with Gasteiger partial charge in [0.1, 0.15) is 5.75 Å². The van der Waals surface area contributed by atoms with Gasteiger partial charge in [-0.05, 0) is 30.3 Å². The van der Waals surface area contributed by atoms with Crippen LogP contribution in [0.2, 0.25) is 10.0 Å². The highest BCUT2D eigenvalue weighted by atomic mass is 35.5. The van der Waals surface area contributed by atoms with E-state index >= 15 is 0 Å². The van der Waals surface area contributed by atoms with Crippen LogP contribution in [0.1, 0.15) is 0 Å². The first kappa shape index (κ1) is 14.7. The molecule has 112 valence electrons. The second-order valence-electron chi connectivity index (χ2n) is 4.49. The van der Waals surface area contributed by atoms with Crippen molar-refractivity contribution in [1.29, 1.82) is 0 Å². The van der Waals surface area contributed by atoms with Crippen LogP contribution in [-0.2, 0) is 4.79 Å². The Hall–Kier alpha value is -2.24. The molecule has 0 aliphatic rings. The average Bonchev–Trinajstić information content (AvgIpc) is 2.96. The summed E-state index contributed by atoms with van der Waals surface area (Å²) >= 11 is 11.8. The molecule has 0 aliphatic heterocycles. The van der Waals surface area contributed by atoms with Crippen molar-refractivity contribution in [2.45, 2.75) is 0 Å². The molecule has 5 nitrogen and oxygen atoms in total. The third kappa shape index (κ3) is 3.16. The van der Waals surface area contributed by atoms with E-state index in [2.05, 4.69) is 10.3 Å². The normalized spacial score (nSPS) is 10.6. The monoisotopic (exact) mass is 335 g/mol. The van der Waals surface area contributed by atoms with E-state index in [-0.39, 0.29) is 12.5 Å². The van der Waals surface area contributed by atoms with Crippen molar-refractivity contribution in [3.8, 4) is 5.75 Å². The molecule has 3 aromatic rings. The number of nitrogens with zero attached hydrogens (tertiary/aromatic N) is 2. The fourth-order valence-electron chi connectivity index (χ4n) is 1.97. The molecule has 3 rings (SSSR count). The molecule has 2 heterocycles. The number of nitrogens with one attached hydrogen (secondary N) is 1. The third-order valence-corrected chi connectivity index (χ3v) is 3.48. The molecular formula is C15H11Cl2N3O2. The molecular weight excluding hydrogens is 325 g/mol. The molecule has 0 radical (unpaired) electrons. The van der Waals surface area contributed by atoms with Crippen LogP contribution in [0.3, 0.4) is 0 Å². The van der Waals surface area contributed by atoms with Gasteiger partial charge in [-0.15, -0.1) is 0 Å². The Labute approximate surface area is 136 Å². The SMILES string of the molecule is O=C(COc1ccc(Cl)cc1Cl)Nc1cccn2ccnc12. The van der Waals surface area contributed by atoms with Gasteiger partial charge in [0.25, 0.3) is 5.91 Å². The third-order valence-electron chi connectivity index (χ3n) is 2.95. The number of pyridine rings is 1. The number of hydrogen-bond acceptors (Lipinski definition) is 3. The van der Waals surface area contributed by atoms with Gasteiger partial charge in [-0.1, -0.05) is 23.2 Å². The lowest BCUT2D eigenvalue weighted by Gasteiger charge is -2.09. The molecule has 0 unspecified atom stereocenters. The summed E-state index contributed by atoms with van der Waals surface area (Å²) in [7, 11) is 0. The number of carbonyl (C=O) groups excluding carboxylic acids is 1. The molecule has 0 fully saturated rings. The second kappa shape index (κ2) is 6.25. The largest absolute Gasteiger partial charge is 0.482 e. The van der Waals surface area contributed by atoms with E-state index in [4.69, 9.17) is 27.9 Å². The molecule has 22 heavy (non-hydrogen) atoms. The van der Waals surface area contributed by atoms with Gasteiger partial charge in [0.2, 0.25) is 0 Å². The van der Waals surface area contributed by atoms with Gasteiger partial charge in [0.15, 0.2) is 12.3 Å². The van der Waals surface area contributed by atoms with Crippen molar-refractivity contribution in [1.82, 2.24) is 9.38 Å². The number of amides is 1. The quantitative estimate of drug-likeness (QED) is 0.791. The lowest BCUT2D eigenvalue weighted by atomic mass is 10.3. The molecule has 0 saturated carbocycles. The van der Waals surface area contributed by atoms with Gasteiger partial charge in [-0.25, -0.2) is 4.98 Å². The van der Waals surface area contributed by atoms with Gasteiger partial charge in [0.05, 0.1) is 10.7 Å². The first-order valence-electron chi connectivity index (χ1n) is 6.43. The van der Waals surface area contributed by atoms with Crippen molar-refractivity contribution < 1.29 is 9.53 Å². The van der Waals surface area contributed by atoms with Gasteiger partial charge in [-0.2, -0.15) is 0 Å². The summed E-state index contributed by atoms with van der Waals surface area (Å²) in [4.78, 5) is 16.2. The van der Waals surface area contributed by atoms with Gasteiger partial charge in [0, 0.05) is 23.6 Å². The molecule has 0 spiro atoms. The number of hydrogen-bond donors (Lipinski definition) is 1. The Balaban J connectivity index is 1.66. The van der Waals surface area contributed by atoms with Gasteiger partial charge >= 0.3 is 0 Å². The second-order valence-corrected chi connectivity index (χ2v) is 5.34. The fourth-order valence-corrected chi connectivity index (χ4v) is 2.43. The van der Waals surface area contributed by atoms with E-state index in [1.807, 2.05) is 16.7 Å². The summed E-state index contributed by atoms with van der Waals surface area (Å²) in [6.07, 6.45) is 5.31. The summed E-state index contributed by atoms with van der Waals surface area (Å²) in [5.74, 6) is 0.0994. The Morgan fingerprint density at radius 2 is 2.14 bits per heavy atom. The van der Waals surface area contributed by atoms with Crippen molar-refractivity contribution >= 4 is 40.4 Å². The molecule has 0 bridgehead atoms. The Morgan fingerprint density at radius 1 is 1.27 bits per heavy atom. The van der Waals surface area contributed by atoms with E-state index in [0.29, 0.717) is 27.1 Å². The van der Waals surface area contributed by atoms with E-state index in [0.717, 1.165) is 0 Å². The predicted molar refractivity (Wildman–Crippen MR) is 85.8 cm³/mol. The molecule has 7 heteroatoms.